The zero-order valence-corrected chi connectivity index (χ0v) is 18.6. The molecular weight excluding hydrogens is 445 g/mol. The number of hydrogen-bond acceptors (Lipinski definition) is 7. The van der Waals surface area contributed by atoms with Crippen LogP contribution in [0.5, 0.6) is 5.75 Å². The molecule has 0 unspecified atom stereocenters. The fraction of sp³-hybridized carbons (Fsp3) is 0.348. The van der Waals surface area contributed by atoms with Gasteiger partial charge in [-0.2, -0.15) is 0 Å². The molecule has 8 nitrogen and oxygen atoms in total. The topological polar surface area (TPSA) is 120 Å². The summed E-state index contributed by atoms with van der Waals surface area (Å²) in [6, 6.07) is 5.44. The number of aromatic nitrogens is 3. The summed E-state index contributed by atoms with van der Waals surface area (Å²) < 4.78 is 43.2. The van der Waals surface area contributed by atoms with Crippen LogP contribution in [0.4, 0.5) is 16.0 Å². The third kappa shape index (κ3) is 4.96. The first kappa shape index (κ1) is 21.7. The maximum Gasteiger partial charge on any atom is 0.238 e. The predicted octanol–water partition coefficient (Wildman–Crippen LogP) is 3.99. The molecule has 2 aliphatic carbocycles. The minimum atomic E-state index is -3.97. The summed E-state index contributed by atoms with van der Waals surface area (Å²) >= 11 is 0. The first-order chi connectivity index (χ1) is 15.9. The molecule has 0 radical (unpaired) electrons. The first-order valence-electron chi connectivity index (χ1n) is 10.9. The van der Waals surface area contributed by atoms with Crippen LogP contribution in [0.15, 0.2) is 53.9 Å². The van der Waals surface area contributed by atoms with E-state index in [9.17, 15) is 12.8 Å². The van der Waals surface area contributed by atoms with Crippen molar-refractivity contribution >= 4 is 21.7 Å². The predicted molar refractivity (Wildman–Crippen MR) is 120 cm³/mol. The van der Waals surface area contributed by atoms with Crippen LogP contribution in [-0.4, -0.2) is 29.5 Å². The van der Waals surface area contributed by atoms with Gasteiger partial charge in [0.25, 0.3) is 0 Å². The van der Waals surface area contributed by atoms with Crippen LogP contribution >= 0.6 is 0 Å². The zero-order valence-electron chi connectivity index (χ0n) is 17.8. The van der Waals surface area contributed by atoms with Crippen molar-refractivity contribution < 1.29 is 17.5 Å². The second-order valence-electron chi connectivity index (χ2n) is 8.59. The highest BCUT2D eigenvalue weighted by molar-refractivity contribution is 7.89. The second kappa shape index (κ2) is 8.68. The molecule has 2 atom stereocenters. The van der Waals surface area contributed by atoms with E-state index in [2.05, 4.69) is 26.3 Å². The summed E-state index contributed by atoms with van der Waals surface area (Å²) in [5.41, 5.74) is 2.33. The fourth-order valence-corrected chi connectivity index (χ4v) is 4.78. The van der Waals surface area contributed by atoms with E-state index in [1.54, 1.807) is 12.4 Å². The smallest absolute Gasteiger partial charge is 0.238 e. The summed E-state index contributed by atoms with van der Waals surface area (Å²) in [7, 11) is -3.97. The van der Waals surface area contributed by atoms with E-state index in [0.29, 0.717) is 5.92 Å². The van der Waals surface area contributed by atoms with Gasteiger partial charge in [0.2, 0.25) is 16.0 Å². The van der Waals surface area contributed by atoms with Gasteiger partial charge in [-0.05, 0) is 73.8 Å². The van der Waals surface area contributed by atoms with Gasteiger partial charge in [-0.3, -0.25) is 4.98 Å². The minimum Gasteiger partial charge on any atom is -0.488 e. The average Bonchev–Trinajstić information content (AvgIpc) is 3.54. The van der Waals surface area contributed by atoms with Gasteiger partial charge in [-0.15, -0.1) is 0 Å². The lowest BCUT2D eigenvalue weighted by atomic mass is 10.0. The van der Waals surface area contributed by atoms with Crippen LogP contribution in [0.25, 0.3) is 0 Å². The number of pyridine rings is 1. The second-order valence-corrected chi connectivity index (χ2v) is 10.2. The van der Waals surface area contributed by atoms with Gasteiger partial charge in [-0.25, -0.2) is 27.9 Å². The van der Waals surface area contributed by atoms with E-state index in [-0.39, 0.29) is 28.6 Å². The molecule has 0 saturated heterocycles. The Balaban J connectivity index is 1.22. The van der Waals surface area contributed by atoms with E-state index in [1.165, 1.54) is 30.5 Å². The Bertz CT molecular complexity index is 1270. The van der Waals surface area contributed by atoms with Gasteiger partial charge in [0.15, 0.2) is 0 Å². The molecule has 0 bridgehead atoms. The quantitative estimate of drug-likeness (QED) is 0.537. The number of anilines is 2. The lowest BCUT2D eigenvalue weighted by molar-refractivity contribution is 0.205. The molecule has 2 heterocycles. The Morgan fingerprint density at radius 2 is 1.79 bits per heavy atom. The van der Waals surface area contributed by atoms with Crippen LogP contribution in [0.2, 0.25) is 0 Å². The van der Waals surface area contributed by atoms with Crippen LogP contribution < -0.4 is 15.2 Å². The highest BCUT2D eigenvalue weighted by Crippen LogP contribution is 2.45. The molecule has 33 heavy (non-hydrogen) atoms. The van der Waals surface area contributed by atoms with E-state index in [4.69, 9.17) is 9.88 Å². The molecule has 2 aromatic heterocycles. The molecule has 0 amide bonds. The Morgan fingerprint density at radius 3 is 2.48 bits per heavy atom. The summed E-state index contributed by atoms with van der Waals surface area (Å²) in [6.45, 7) is 0. The Labute approximate surface area is 191 Å². The number of nitrogens with zero attached hydrogens (tertiary/aromatic N) is 3. The lowest BCUT2D eigenvalue weighted by Crippen LogP contribution is -2.13. The highest BCUT2D eigenvalue weighted by atomic mass is 32.2. The van der Waals surface area contributed by atoms with E-state index >= 15 is 0 Å². The molecule has 3 aromatic rings. The van der Waals surface area contributed by atoms with Crippen molar-refractivity contribution in [2.24, 2.45) is 5.14 Å². The SMILES string of the molecule is NS(=O)(=O)c1ccc(Nc2ncc([C@H]3CC[C@@H](Oc4cnccc4C4CC4)C3)cn2)c(F)c1. The number of primary sulfonamides is 1. The maximum atomic E-state index is 14.2. The molecule has 2 aliphatic rings. The number of benzene rings is 1. The summed E-state index contributed by atoms with van der Waals surface area (Å²) in [4.78, 5) is 12.5. The number of hydrogen-bond donors (Lipinski definition) is 2. The van der Waals surface area contributed by atoms with Crippen molar-refractivity contribution in [1.82, 2.24) is 15.0 Å². The van der Waals surface area contributed by atoms with Crippen molar-refractivity contribution in [3.8, 4) is 5.75 Å². The summed E-state index contributed by atoms with van der Waals surface area (Å²) in [5.74, 6) is 1.25. The van der Waals surface area contributed by atoms with Crippen molar-refractivity contribution in [2.75, 3.05) is 5.32 Å². The number of nitrogens with one attached hydrogen (secondary N) is 1. The normalized spacial score (nSPS) is 20.5. The van der Waals surface area contributed by atoms with Crippen LogP contribution in [0.3, 0.4) is 0 Å². The van der Waals surface area contributed by atoms with Crippen molar-refractivity contribution in [3.63, 3.8) is 0 Å². The molecule has 172 valence electrons. The lowest BCUT2D eigenvalue weighted by Gasteiger charge is -2.16. The number of rotatable bonds is 7. The monoisotopic (exact) mass is 469 g/mol. The molecule has 10 heteroatoms. The molecule has 1 aromatic carbocycles. The van der Waals surface area contributed by atoms with Gasteiger partial charge < -0.3 is 10.1 Å². The third-order valence-corrected chi connectivity index (χ3v) is 7.08. The average molecular weight is 470 g/mol. The Hall–Kier alpha value is -3.11. The first-order valence-corrected chi connectivity index (χ1v) is 12.4. The molecule has 2 saturated carbocycles. The van der Waals surface area contributed by atoms with E-state index in [1.807, 2.05) is 12.4 Å². The van der Waals surface area contributed by atoms with Crippen molar-refractivity contribution in [1.29, 1.82) is 0 Å². The van der Waals surface area contributed by atoms with Gasteiger partial charge >= 0.3 is 0 Å². The molecule has 3 N–H and O–H groups in total. The maximum absolute atomic E-state index is 14.2. The van der Waals surface area contributed by atoms with Crippen LogP contribution in [0.1, 0.15) is 55.1 Å². The fourth-order valence-electron chi connectivity index (χ4n) is 4.26. The molecular formula is C23H24FN5O3S. The standard InChI is InChI=1S/C23H24FN5O3S/c24-20-10-18(33(25,30)31)5-6-21(20)29-23-27-11-16(12-28-23)15-3-4-17(9-15)32-22-13-26-8-7-19(22)14-1-2-14/h5-8,10-15,17H,1-4,9H2,(H2,25,30,31)(H,27,28,29)/t15-,17+/m0/s1. The van der Waals surface area contributed by atoms with E-state index < -0.39 is 15.8 Å². The molecule has 0 spiro atoms. The molecule has 2 fully saturated rings. The van der Waals surface area contributed by atoms with Gasteiger partial charge in [0, 0.05) is 24.2 Å². The van der Waals surface area contributed by atoms with Gasteiger partial charge in [0.05, 0.1) is 22.9 Å². The van der Waals surface area contributed by atoms with Crippen LogP contribution in [-0.2, 0) is 10.0 Å². The number of nitrogens with two attached hydrogens (primary N) is 1. The third-order valence-electron chi connectivity index (χ3n) is 6.17. The number of halogens is 1. The van der Waals surface area contributed by atoms with Crippen molar-refractivity contribution in [2.45, 2.75) is 54.9 Å². The number of ether oxygens (including phenoxy) is 1. The Kier molecular flexibility index (Phi) is 5.71. The molecule has 5 rings (SSSR count). The molecule has 0 aliphatic heterocycles. The van der Waals surface area contributed by atoms with Crippen LogP contribution in [0, 0.1) is 5.82 Å². The van der Waals surface area contributed by atoms with Gasteiger partial charge in [-0.1, -0.05) is 0 Å². The minimum absolute atomic E-state index is 0.0624. The summed E-state index contributed by atoms with van der Waals surface area (Å²) in [5, 5.41) is 7.80. The van der Waals surface area contributed by atoms with E-state index in [0.717, 1.165) is 36.6 Å². The Morgan fingerprint density at radius 1 is 1.03 bits per heavy atom. The highest BCUT2D eigenvalue weighted by Gasteiger charge is 2.31. The largest absolute Gasteiger partial charge is 0.488 e. The number of sulfonamides is 1. The van der Waals surface area contributed by atoms with Gasteiger partial charge in [0.1, 0.15) is 11.6 Å². The summed E-state index contributed by atoms with van der Waals surface area (Å²) in [6.07, 6.45) is 12.5. The van der Waals surface area contributed by atoms with Crippen molar-refractivity contribution in [3.05, 3.63) is 66.0 Å². The zero-order chi connectivity index (χ0) is 23.0.